The summed E-state index contributed by atoms with van der Waals surface area (Å²) in [5.41, 5.74) is 12.4. The van der Waals surface area contributed by atoms with Gasteiger partial charge in [-0.05, 0) is 5.56 Å². The van der Waals surface area contributed by atoms with Crippen molar-refractivity contribution < 1.29 is 4.74 Å². The summed E-state index contributed by atoms with van der Waals surface area (Å²) < 4.78 is 5.55. The molecule has 0 unspecified atom stereocenters. The maximum Gasteiger partial charge on any atom is 0.156 e. The Labute approximate surface area is 92.3 Å². The number of nitrogens with two attached hydrogens (primary N) is 2. The van der Waals surface area contributed by atoms with Gasteiger partial charge >= 0.3 is 0 Å². The maximum absolute atomic E-state index is 5.72. The highest BCUT2D eigenvalue weighted by Gasteiger charge is 2.04. The summed E-state index contributed by atoms with van der Waals surface area (Å²) >= 11 is 1.33. The van der Waals surface area contributed by atoms with Crippen molar-refractivity contribution in [2.24, 2.45) is 0 Å². The van der Waals surface area contributed by atoms with Crippen molar-refractivity contribution in [2.45, 2.75) is 6.61 Å². The van der Waals surface area contributed by atoms with Crippen molar-refractivity contribution in [1.29, 1.82) is 0 Å². The fraction of sp³-hybridized carbons (Fsp3) is 0.0909. The molecule has 3 nitrogen and oxygen atoms in total. The van der Waals surface area contributed by atoms with Crippen molar-refractivity contribution >= 4 is 21.3 Å². The summed E-state index contributed by atoms with van der Waals surface area (Å²) in [7, 11) is 0. The molecule has 2 aromatic rings. The van der Waals surface area contributed by atoms with Gasteiger partial charge in [0.1, 0.15) is 11.6 Å². The summed E-state index contributed by atoms with van der Waals surface area (Å²) in [6.45, 7) is 0.515. The van der Waals surface area contributed by atoms with Gasteiger partial charge in [-0.2, -0.15) is 0 Å². The molecule has 0 radical (unpaired) electrons. The van der Waals surface area contributed by atoms with Crippen LogP contribution in [0, 0.1) is 0 Å². The fourth-order valence-corrected chi connectivity index (χ4v) is 1.89. The second kappa shape index (κ2) is 4.23. The van der Waals surface area contributed by atoms with Gasteiger partial charge in [0.05, 0.1) is 5.00 Å². The summed E-state index contributed by atoms with van der Waals surface area (Å²) in [4.78, 5) is 0. The molecule has 1 aromatic heterocycles. The van der Waals surface area contributed by atoms with Gasteiger partial charge in [-0.1, -0.05) is 41.7 Å². The second-order valence-corrected chi connectivity index (χ2v) is 4.27. The zero-order chi connectivity index (χ0) is 10.7. The lowest BCUT2D eigenvalue weighted by atomic mass is 10.2. The Bertz CT molecular complexity index is 439. The number of hydrogen-bond acceptors (Lipinski definition) is 4. The average Bonchev–Trinajstić information content (AvgIpc) is 2.56. The van der Waals surface area contributed by atoms with E-state index in [-0.39, 0.29) is 0 Å². The molecule has 0 aliphatic heterocycles. The molecule has 0 aliphatic rings. The molecule has 78 valence electrons. The van der Waals surface area contributed by atoms with Crippen LogP contribution in [0.25, 0.3) is 0 Å². The highest BCUT2D eigenvalue weighted by Crippen LogP contribution is 2.34. The maximum atomic E-state index is 5.72. The van der Waals surface area contributed by atoms with Crippen LogP contribution < -0.4 is 16.2 Å². The largest absolute Gasteiger partial charge is 0.486 e. The van der Waals surface area contributed by atoms with E-state index in [1.807, 2.05) is 30.3 Å². The molecule has 4 heteroatoms. The smallest absolute Gasteiger partial charge is 0.156 e. The number of rotatable bonds is 3. The molecule has 0 spiro atoms. The topological polar surface area (TPSA) is 61.3 Å². The van der Waals surface area contributed by atoms with Crippen molar-refractivity contribution in [3.63, 3.8) is 0 Å². The standard InChI is InChI=1S/C11H12N2OS/c12-10-6-9(11(13)15-10)14-7-8-4-2-1-3-5-8/h1-6H,7,12-13H2. The summed E-state index contributed by atoms with van der Waals surface area (Å²) in [6.07, 6.45) is 0. The van der Waals surface area contributed by atoms with E-state index in [0.29, 0.717) is 22.4 Å². The lowest BCUT2D eigenvalue weighted by Crippen LogP contribution is -1.95. The van der Waals surface area contributed by atoms with E-state index in [0.717, 1.165) is 5.56 Å². The monoisotopic (exact) mass is 220 g/mol. The minimum atomic E-state index is 0.515. The van der Waals surface area contributed by atoms with Gasteiger partial charge in [-0.25, -0.2) is 0 Å². The molecule has 0 saturated heterocycles. The molecule has 1 aromatic carbocycles. The SMILES string of the molecule is Nc1cc(OCc2ccccc2)c(N)s1. The molecule has 2 rings (SSSR count). The lowest BCUT2D eigenvalue weighted by Gasteiger charge is -2.04. The Morgan fingerprint density at radius 1 is 1.13 bits per heavy atom. The first-order chi connectivity index (χ1) is 7.25. The van der Waals surface area contributed by atoms with Crippen molar-refractivity contribution in [2.75, 3.05) is 11.5 Å². The van der Waals surface area contributed by atoms with E-state index in [2.05, 4.69) is 0 Å². The Kier molecular flexibility index (Phi) is 2.78. The average molecular weight is 220 g/mol. The summed E-state index contributed by atoms with van der Waals surface area (Å²) in [5, 5.41) is 1.30. The van der Waals surface area contributed by atoms with Crippen molar-refractivity contribution in [3.05, 3.63) is 42.0 Å². The molecular formula is C11H12N2OS. The molecule has 0 aliphatic carbocycles. The van der Waals surface area contributed by atoms with Crippen LogP contribution >= 0.6 is 11.3 Å². The fourth-order valence-electron chi connectivity index (χ4n) is 1.26. The number of anilines is 2. The van der Waals surface area contributed by atoms with E-state index in [4.69, 9.17) is 16.2 Å². The predicted octanol–water partition coefficient (Wildman–Crippen LogP) is 2.49. The third-order valence-corrected chi connectivity index (χ3v) is 2.76. The van der Waals surface area contributed by atoms with Crippen LogP contribution in [0.3, 0.4) is 0 Å². The van der Waals surface area contributed by atoms with Crippen LogP contribution in [0.2, 0.25) is 0 Å². The summed E-state index contributed by atoms with van der Waals surface area (Å²) in [5.74, 6) is 0.668. The molecule has 1 heterocycles. The van der Waals surface area contributed by atoms with E-state index < -0.39 is 0 Å². The Morgan fingerprint density at radius 3 is 2.47 bits per heavy atom. The van der Waals surface area contributed by atoms with Gasteiger partial charge in [0.2, 0.25) is 0 Å². The van der Waals surface area contributed by atoms with Crippen LogP contribution in [0.5, 0.6) is 5.75 Å². The van der Waals surface area contributed by atoms with Gasteiger partial charge in [0, 0.05) is 6.07 Å². The molecule has 0 saturated carbocycles. The van der Waals surface area contributed by atoms with E-state index in [9.17, 15) is 0 Å². The molecule has 0 atom stereocenters. The predicted molar refractivity (Wildman–Crippen MR) is 63.9 cm³/mol. The van der Waals surface area contributed by atoms with Gasteiger partial charge in [-0.3, -0.25) is 0 Å². The van der Waals surface area contributed by atoms with E-state index >= 15 is 0 Å². The highest BCUT2D eigenvalue weighted by molar-refractivity contribution is 7.20. The minimum Gasteiger partial charge on any atom is -0.486 e. The van der Waals surface area contributed by atoms with Crippen LogP contribution in [-0.2, 0) is 6.61 Å². The molecular weight excluding hydrogens is 208 g/mol. The van der Waals surface area contributed by atoms with Crippen LogP contribution in [0.4, 0.5) is 10.0 Å². The molecule has 0 fully saturated rings. The van der Waals surface area contributed by atoms with Gasteiger partial charge in [0.15, 0.2) is 5.75 Å². The highest BCUT2D eigenvalue weighted by atomic mass is 32.1. The third-order valence-electron chi connectivity index (χ3n) is 1.98. The molecule has 0 bridgehead atoms. The van der Waals surface area contributed by atoms with Crippen LogP contribution in [-0.4, -0.2) is 0 Å². The molecule has 4 N–H and O–H groups in total. The minimum absolute atomic E-state index is 0.515. The first-order valence-electron chi connectivity index (χ1n) is 4.57. The van der Waals surface area contributed by atoms with Gasteiger partial charge in [0.25, 0.3) is 0 Å². The first-order valence-corrected chi connectivity index (χ1v) is 5.39. The molecule has 15 heavy (non-hydrogen) atoms. The second-order valence-electron chi connectivity index (χ2n) is 3.15. The number of benzene rings is 1. The van der Waals surface area contributed by atoms with E-state index in [1.54, 1.807) is 6.07 Å². The van der Waals surface area contributed by atoms with Gasteiger partial charge < -0.3 is 16.2 Å². The Balaban J connectivity index is 2.02. The summed E-state index contributed by atoms with van der Waals surface area (Å²) in [6, 6.07) is 11.7. The lowest BCUT2D eigenvalue weighted by molar-refractivity contribution is 0.309. The zero-order valence-electron chi connectivity index (χ0n) is 8.14. The van der Waals surface area contributed by atoms with Crippen LogP contribution in [0.15, 0.2) is 36.4 Å². The Hall–Kier alpha value is -1.68. The zero-order valence-corrected chi connectivity index (χ0v) is 8.96. The number of nitrogen functional groups attached to an aromatic ring is 2. The van der Waals surface area contributed by atoms with Crippen LogP contribution in [0.1, 0.15) is 5.56 Å². The van der Waals surface area contributed by atoms with Crippen molar-refractivity contribution in [3.8, 4) is 5.75 Å². The van der Waals surface area contributed by atoms with E-state index in [1.165, 1.54) is 11.3 Å². The number of thiophene rings is 1. The normalized spacial score (nSPS) is 10.1. The third kappa shape index (κ3) is 2.41. The van der Waals surface area contributed by atoms with Crippen molar-refractivity contribution in [1.82, 2.24) is 0 Å². The quantitative estimate of drug-likeness (QED) is 0.835. The Morgan fingerprint density at radius 2 is 1.87 bits per heavy atom. The first kappa shape index (κ1) is 9.86. The number of ether oxygens (including phenoxy) is 1. The number of hydrogen-bond donors (Lipinski definition) is 2. The van der Waals surface area contributed by atoms with Gasteiger partial charge in [-0.15, -0.1) is 0 Å². The molecule has 0 amide bonds.